The zero-order valence-corrected chi connectivity index (χ0v) is 5.25. The Balaban J connectivity index is 1.81. The molecule has 0 spiro atoms. The van der Waals surface area contributed by atoms with Crippen LogP contribution in [0.3, 0.4) is 0 Å². The molecule has 3 atom stereocenters. The van der Waals surface area contributed by atoms with E-state index < -0.39 is 6.23 Å². The second-order valence-electron chi connectivity index (χ2n) is 3.05. The van der Waals surface area contributed by atoms with Crippen LogP contribution in [0.4, 0.5) is 0 Å². The van der Waals surface area contributed by atoms with Gasteiger partial charge in [-0.05, 0) is 18.8 Å². The smallest absolute Gasteiger partial charge is 0.119 e. The monoisotopic (exact) mass is 128 g/mol. The second kappa shape index (κ2) is 1.68. The van der Waals surface area contributed by atoms with E-state index >= 15 is 0 Å². The summed E-state index contributed by atoms with van der Waals surface area (Å²) in [7, 11) is 0. The fourth-order valence-electron chi connectivity index (χ4n) is 1.36. The highest BCUT2D eigenvalue weighted by Crippen LogP contribution is 2.39. The van der Waals surface area contributed by atoms with Crippen LogP contribution in [0.15, 0.2) is 0 Å². The summed E-state index contributed by atoms with van der Waals surface area (Å²) >= 11 is 0. The molecule has 2 rings (SSSR count). The zero-order chi connectivity index (χ0) is 6.43. The van der Waals surface area contributed by atoms with E-state index in [1.165, 1.54) is 12.8 Å². The molecule has 0 aromatic rings. The molecule has 2 aliphatic rings. The van der Waals surface area contributed by atoms with Gasteiger partial charge in [-0.1, -0.05) is 0 Å². The molecule has 1 unspecified atom stereocenters. The van der Waals surface area contributed by atoms with Crippen molar-refractivity contribution < 1.29 is 5.11 Å². The molecule has 1 saturated heterocycles. The highest BCUT2D eigenvalue weighted by molar-refractivity contribution is 5.08. The summed E-state index contributed by atoms with van der Waals surface area (Å²) < 4.78 is 0. The van der Waals surface area contributed by atoms with Crippen LogP contribution < -0.4 is 11.1 Å². The van der Waals surface area contributed by atoms with Crippen molar-refractivity contribution in [1.82, 2.24) is 5.32 Å². The van der Waals surface area contributed by atoms with Crippen molar-refractivity contribution in [3.8, 4) is 0 Å². The third-order valence-electron chi connectivity index (χ3n) is 2.16. The van der Waals surface area contributed by atoms with Crippen LogP contribution in [0.1, 0.15) is 12.8 Å². The zero-order valence-electron chi connectivity index (χ0n) is 5.25. The summed E-state index contributed by atoms with van der Waals surface area (Å²) in [4.78, 5) is 0. The molecule has 0 bridgehead atoms. The van der Waals surface area contributed by atoms with Crippen LogP contribution in [0, 0.1) is 5.92 Å². The van der Waals surface area contributed by atoms with Crippen LogP contribution in [0.2, 0.25) is 0 Å². The topological polar surface area (TPSA) is 68.2 Å². The van der Waals surface area contributed by atoms with Crippen molar-refractivity contribution in [1.29, 1.82) is 0 Å². The average molecular weight is 128 g/mol. The Labute approximate surface area is 54.2 Å². The minimum atomic E-state index is -0.643. The second-order valence-corrected chi connectivity index (χ2v) is 3.05. The maximum absolute atomic E-state index is 8.85. The fraction of sp³-hybridized carbons (Fsp3) is 1.00. The van der Waals surface area contributed by atoms with Crippen molar-refractivity contribution in [2.24, 2.45) is 11.7 Å². The van der Waals surface area contributed by atoms with Gasteiger partial charge >= 0.3 is 0 Å². The quantitative estimate of drug-likeness (QED) is 0.330. The van der Waals surface area contributed by atoms with Crippen LogP contribution in [-0.4, -0.2) is 23.4 Å². The summed E-state index contributed by atoms with van der Waals surface area (Å²) in [6.07, 6.45) is 2.00. The van der Waals surface area contributed by atoms with E-state index in [2.05, 4.69) is 5.32 Å². The van der Waals surface area contributed by atoms with E-state index in [1.807, 2.05) is 0 Å². The van der Waals surface area contributed by atoms with E-state index in [1.54, 1.807) is 0 Å². The Kier molecular flexibility index (Phi) is 1.06. The third kappa shape index (κ3) is 0.956. The molecule has 1 saturated carbocycles. The highest BCUT2D eigenvalue weighted by atomic mass is 16.3. The van der Waals surface area contributed by atoms with Crippen LogP contribution >= 0.6 is 0 Å². The minimum Gasteiger partial charge on any atom is -0.377 e. The predicted octanol–water partition coefficient (Wildman–Crippen LogP) is -0.986. The van der Waals surface area contributed by atoms with Gasteiger partial charge in [-0.25, -0.2) is 0 Å². The lowest BCUT2D eigenvalue weighted by Gasteiger charge is -1.97. The molecule has 4 N–H and O–H groups in total. The van der Waals surface area contributed by atoms with Gasteiger partial charge in [0.25, 0.3) is 0 Å². The summed E-state index contributed by atoms with van der Waals surface area (Å²) in [6.45, 7) is 0. The number of aliphatic hydroxyl groups is 1. The summed E-state index contributed by atoms with van der Waals surface area (Å²) in [5.41, 5.74) is 5.25. The van der Waals surface area contributed by atoms with Gasteiger partial charge in [0, 0.05) is 6.04 Å². The standard InChI is InChI=1S/C6H12N2O/c7-6(9)5-4(8-5)3-1-2-3/h3-6,8-9H,1-2,7H2/t4-,5+,6?/m0/s1. The molecule has 0 radical (unpaired) electrons. The van der Waals surface area contributed by atoms with E-state index in [0.717, 1.165) is 5.92 Å². The first kappa shape index (κ1) is 5.65. The van der Waals surface area contributed by atoms with Gasteiger partial charge in [0.15, 0.2) is 0 Å². The van der Waals surface area contributed by atoms with Crippen molar-refractivity contribution in [2.45, 2.75) is 31.2 Å². The Morgan fingerprint density at radius 3 is 2.56 bits per heavy atom. The van der Waals surface area contributed by atoms with Crippen molar-refractivity contribution in [3.05, 3.63) is 0 Å². The fourth-order valence-corrected chi connectivity index (χ4v) is 1.36. The molecular formula is C6H12N2O. The number of hydrogen-bond acceptors (Lipinski definition) is 3. The van der Waals surface area contributed by atoms with Gasteiger partial charge in [-0.2, -0.15) is 0 Å². The molecule has 0 amide bonds. The van der Waals surface area contributed by atoms with Gasteiger partial charge in [0.2, 0.25) is 0 Å². The maximum atomic E-state index is 8.85. The number of hydrogen-bond donors (Lipinski definition) is 3. The van der Waals surface area contributed by atoms with E-state index in [0.29, 0.717) is 6.04 Å². The molecule has 0 aromatic carbocycles. The first-order valence-corrected chi connectivity index (χ1v) is 3.49. The SMILES string of the molecule is NC(O)[C@@H]1N[C@H]1C1CC1. The number of rotatable bonds is 2. The summed E-state index contributed by atoms with van der Waals surface area (Å²) in [5, 5.41) is 12.0. The summed E-state index contributed by atoms with van der Waals surface area (Å²) in [6, 6.07) is 0.752. The van der Waals surface area contributed by atoms with E-state index in [9.17, 15) is 0 Å². The largest absolute Gasteiger partial charge is 0.377 e. The minimum absolute atomic E-state index is 0.206. The molecule has 1 aliphatic heterocycles. The molecule has 3 heteroatoms. The van der Waals surface area contributed by atoms with Crippen LogP contribution in [0.25, 0.3) is 0 Å². The van der Waals surface area contributed by atoms with Crippen LogP contribution in [0.5, 0.6) is 0 Å². The first-order valence-electron chi connectivity index (χ1n) is 3.49. The van der Waals surface area contributed by atoms with E-state index in [-0.39, 0.29) is 6.04 Å². The molecule has 3 nitrogen and oxygen atoms in total. The predicted molar refractivity (Wildman–Crippen MR) is 33.6 cm³/mol. The maximum Gasteiger partial charge on any atom is 0.119 e. The summed E-state index contributed by atoms with van der Waals surface area (Å²) in [5.74, 6) is 0.827. The molecular weight excluding hydrogens is 116 g/mol. The molecule has 52 valence electrons. The van der Waals surface area contributed by atoms with Gasteiger partial charge in [0.1, 0.15) is 6.23 Å². The van der Waals surface area contributed by atoms with Gasteiger partial charge in [-0.3, -0.25) is 0 Å². The lowest BCUT2D eigenvalue weighted by molar-refractivity contribution is 0.177. The van der Waals surface area contributed by atoms with Gasteiger partial charge in [-0.15, -0.1) is 0 Å². The average Bonchev–Trinajstić information content (AvgIpc) is 2.60. The number of nitrogens with one attached hydrogen (secondary N) is 1. The molecule has 9 heavy (non-hydrogen) atoms. The Hall–Kier alpha value is -0.120. The first-order chi connectivity index (χ1) is 4.29. The normalized spacial score (nSPS) is 44.7. The highest BCUT2D eigenvalue weighted by Gasteiger charge is 2.49. The molecule has 1 aliphatic carbocycles. The van der Waals surface area contributed by atoms with E-state index in [4.69, 9.17) is 10.8 Å². The molecule has 2 fully saturated rings. The Bertz CT molecular complexity index is 116. The van der Waals surface area contributed by atoms with Crippen LogP contribution in [-0.2, 0) is 0 Å². The number of aliphatic hydroxyl groups excluding tert-OH is 1. The van der Waals surface area contributed by atoms with Crippen molar-refractivity contribution >= 4 is 0 Å². The van der Waals surface area contributed by atoms with Gasteiger partial charge in [0.05, 0.1) is 6.04 Å². The molecule has 0 aromatic heterocycles. The Morgan fingerprint density at radius 2 is 2.22 bits per heavy atom. The van der Waals surface area contributed by atoms with Gasteiger partial charge < -0.3 is 16.2 Å². The van der Waals surface area contributed by atoms with Crippen molar-refractivity contribution in [3.63, 3.8) is 0 Å². The lowest BCUT2D eigenvalue weighted by Crippen LogP contribution is -2.28. The lowest BCUT2D eigenvalue weighted by atomic mass is 10.2. The van der Waals surface area contributed by atoms with Crippen molar-refractivity contribution in [2.75, 3.05) is 0 Å². The molecule has 1 heterocycles. The third-order valence-corrected chi connectivity index (χ3v) is 2.16. The Morgan fingerprint density at radius 1 is 1.56 bits per heavy atom. The number of nitrogens with two attached hydrogens (primary N) is 1.